The van der Waals surface area contributed by atoms with Crippen molar-refractivity contribution >= 4 is 5.91 Å². The largest absolute Gasteiger partial charge is 0.341 e. The Labute approximate surface area is 92.1 Å². The Hall–Kier alpha value is -1.04. The summed E-state index contributed by atoms with van der Waals surface area (Å²) in [5.74, 6) is 1.06. The van der Waals surface area contributed by atoms with Crippen molar-refractivity contribution in [2.75, 3.05) is 13.1 Å². The van der Waals surface area contributed by atoms with E-state index in [0.717, 1.165) is 13.1 Å². The molecule has 1 aliphatic rings. The number of carbonyl (C=O) groups excluding carboxylic acids is 1. The molecule has 84 valence electrons. The molecular weight excluding hydrogens is 188 g/mol. The average Bonchev–Trinajstić information content (AvgIpc) is 2.47. The standard InChI is InChI=1S/C12H20N2O/c1-9-7-14(11(15)5-6-13)8-10(9)12(2,3)4/h9-10H,5,7-8H2,1-4H3. The van der Waals surface area contributed by atoms with Crippen molar-refractivity contribution in [3.8, 4) is 6.07 Å². The summed E-state index contributed by atoms with van der Waals surface area (Å²) in [7, 11) is 0. The Kier molecular flexibility index (Phi) is 3.38. The molecule has 0 aliphatic carbocycles. The molecule has 2 unspecified atom stereocenters. The summed E-state index contributed by atoms with van der Waals surface area (Å²) in [6.45, 7) is 10.5. The van der Waals surface area contributed by atoms with Gasteiger partial charge in [0.05, 0.1) is 6.07 Å². The molecule has 3 heteroatoms. The van der Waals surface area contributed by atoms with E-state index in [0.29, 0.717) is 11.8 Å². The van der Waals surface area contributed by atoms with Gasteiger partial charge in [0.15, 0.2) is 0 Å². The van der Waals surface area contributed by atoms with Crippen LogP contribution in [-0.4, -0.2) is 23.9 Å². The van der Waals surface area contributed by atoms with Gasteiger partial charge in [-0.2, -0.15) is 5.26 Å². The fourth-order valence-electron chi connectivity index (χ4n) is 2.48. The van der Waals surface area contributed by atoms with Crippen molar-refractivity contribution in [1.29, 1.82) is 5.26 Å². The molecule has 15 heavy (non-hydrogen) atoms. The molecule has 0 aromatic carbocycles. The maximum absolute atomic E-state index is 11.6. The lowest BCUT2D eigenvalue weighted by Gasteiger charge is -2.29. The average molecular weight is 208 g/mol. The molecule has 0 radical (unpaired) electrons. The number of nitriles is 1. The molecule has 1 aliphatic heterocycles. The second-order valence-electron chi connectivity index (χ2n) is 5.58. The Balaban J connectivity index is 2.64. The van der Waals surface area contributed by atoms with Gasteiger partial charge in [-0.05, 0) is 17.3 Å². The van der Waals surface area contributed by atoms with Crippen LogP contribution >= 0.6 is 0 Å². The van der Waals surface area contributed by atoms with Crippen LogP contribution in [0, 0.1) is 28.6 Å². The molecule has 1 rings (SSSR count). The predicted octanol–water partition coefficient (Wildman–Crippen LogP) is 2.04. The molecule has 0 bridgehead atoms. The number of hydrogen-bond donors (Lipinski definition) is 0. The van der Waals surface area contributed by atoms with Crippen molar-refractivity contribution in [2.24, 2.45) is 17.3 Å². The van der Waals surface area contributed by atoms with E-state index in [4.69, 9.17) is 5.26 Å². The van der Waals surface area contributed by atoms with Crippen LogP contribution in [0.5, 0.6) is 0 Å². The molecule has 1 amide bonds. The van der Waals surface area contributed by atoms with E-state index in [1.54, 1.807) is 0 Å². The predicted molar refractivity (Wildman–Crippen MR) is 58.9 cm³/mol. The van der Waals surface area contributed by atoms with Gasteiger partial charge in [0, 0.05) is 13.1 Å². The Morgan fingerprint density at radius 2 is 2.07 bits per heavy atom. The highest BCUT2D eigenvalue weighted by Crippen LogP contribution is 2.37. The second kappa shape index (κ2) is 4.22. The molecule has 0 saturated carbocycles. The molecule has 1 fully saturated rings. The van der Waals surface area contributed by atoms with E-state index in [-0.39, 0.29) is 17.7 Å². The van der Waals surface area contributed by atoms with E-state index >= 15 is 0 Å². The monoisotopic (exact) mass is 208 g/mol. The summed E-state index contributed by atoms with van der Waals surface area (Å²) in [6, 6.07) is 1.92. The lowest BCUT2D eigenvalue weighted by molar-refractivity contribution is -0.129. The molecule has 2 atom stereocenters. The van der Waals surface area contributed by atoms with Gasteiger partial charge in [-0.25, -0.2) is 0 Å². The van der Waals surface area contributed by atoms with Gasteiger partial charge in [-0.3, -0.25) is 4.79 Å². The van der Waals surface area contributed by atoms with Crippen LogP contribution in [0.4, 0.5) is 0 Å². The third kappa shape index (κ3) is 2.71. The fraction of sp³-hybridized carbons (Fsp3) is 0.833. The summed E-state index contributed by atoms with van der Waals surface area (Å²) in [6.07, 6.45) is 0.0174. The van der Waals surface area contributed by atoms with Crippen molar-refractivity contribution in [1.82, 2.24) is 4.90 Å². The third-order valence-electron chi connectivity index (χ3n) is 3.31. The molecular formula is C12H20N2O. The molecule has 0 N–H and O–H groups in total. The van der Waals surface area contributed by atoms with Gasteiger partial charge in [-0.15, -0.1) is 0 Å². The third-order valence-corrected chi connectivity index (χ3v) is 3.31. The van der Waals surface area contributed by atoms with E-state index in [2.05, 4.69) is 27.7 Å². The van der Waals surface area contributed by atoms with Crippen molar-refractivity contribution in [3.05, 3.63) is 0 Å². The van der Waals surface area contributed by atoms with Gasteiger partial charge >= 0.3 is 0 Å². The molecule has 1 heterocycles. The van der Waals surface area contributed by atoms with E-state index in [9.17, 15) is 4.79 Å². The Bertz CT molecular complexity index is 285. The van der Waals surface area contributed by atoms with Gasteiger partial charge < -0.3 is 4.90 Å². The van der Waals surface area contributed by atoms with Crippen LogP contribution in [0.2, 0.25) is 0 Å². The SMILES string of the molecule is CC1CN(C(=O)CC#N)CC1C(C)(C)C. The van der Waals surface area contributed by atoms with Crippen molar-refractivity contribution in [3.63, 3.8) is 0 Å². The summed E-state index contributed by atoms with van der Waals surface area (Å²) in [5, 5.41) is 8.49. The highest BCUT2D eigenvalue weighted by Gasteiger charge is 2.38. The first-order valence-electron chi connectivity index (χ1n) is 5.51. The van der Waals surface area contributed by atoms with E-state index < -0.39 is 0 Å². The summed E-state index contributed by atoms with van der Waals surface area (Å²) in [5.41, 5.74) is 0.237. The molecule has 1 saturated heterocycles. The highest BCUT2D eigenvalue weighted by atomic mass is 16.2. The maximum Gasteiger partial charge on any atom is 0.236 e. The van der Waals surface area contributed by atoms with Gasteiger partial charge in [0.1, 0.15) is 6.42 Å². The lowest BCUT2D eigenvalue weighted by Crippen LogP contribution is -2.30. The van der Waals surface area contributed by atoms with E-state index in [1.807, 2.05) is 11.0 Å². The number of nitrogens with zero attached hydrogens (tertiary/aromatic N) is 2. The summed E-state index contributed by atoms with van der Waals surface area (Å²) < 4.78 is 0. The van der Waals surface area contributed by atoms with Gasteiger partial charge in [-0.1, -0.05) is 27.7 Å². The second-order valence-corrected chi connectivity index (χ2v) is 5.58. The molecule has 3 nitrogen and oxygen atoms in total. The van der Waals surface area contributed by atoms with Crippen LogP contribution in [0.15, 0.2) is 0 Å². The Morgan fingerprint density at radius 3 is 2.47 bits per heavy atom. The smallest absolute Gasteiger partial charge is 0.236 e. The highest BCUT2D eigenvalue weighted by molar-refractivity contribution is 5.78. The quantitative estimate of drug-likeness (QED) is 0.662. The number of rotatable bonds is 1. The zero-order valence-corrected chi connectivity index (χ0v) is 10.1. The molecule has 0 spiro atoms. The number of carbonyl (C=O) groups is 1. The topological polar surface area (TPSA) is 44.1 Å². The molecule has 0 aromatic rings. The van der Waals surface area contributed by atoms with Crippen LogP contribution < -0.4 is 0 Å². The summed E-state index contributed by atoms with van der Waals surface area (Å²) in [4.78, 5) is 13.4. The minimum Gasteiger partial charge on any atom is -0.341 e. The zero-order chi connectivity index (χ0) is 11.6. The summed E-state index contributed by atoms with van der Waals surface area (Å²) >= 11 is 0. The number of hydrogen-bond acceptors (Lipinski definition) is 2. The first-order valence-corrected chi connectivity index (χ1v) is 5.51. The lowest BCUT2D eigenvalue weighted by atomic mass is 9.76. The number of likely N-dealkylation sites (tertiary alicyclic amines) is 1. The van der Waals surface area contributed by atoms with Crippen LogP contribution in [0.25, 0.3) is 0 Å². The van der Waals surface area contributed by atoms with E-state index in [1.165, 1.54) is 0 Å². The van der Waals surface area contributed by atoms with Gasteiger partial charge in [0.25, 0.3) is 0 Å². The van der Waals surface area contributed by atoms with Crippen molar-refractivity contribution in [2.45, 2.75) is 34.1 Å². The van der Waals surface area contributed by atoms with Crippen LogP contribution in [0.1, 0.15) is 34.1 Å². The van der Waals surface area contributed by atoms with Gasteiger partial charge in [0.2, 0.25) is 5.91 Å². The number of amides is 1. The van der Waals surface area contributed by atoms with Crippen LogP contribution in [-0.2, 0) is 4.79 Å². The fourth-order valence-corrected chi connectivity index (χ4v) is 2.48. The minimum absolute atomic E-state index is 0.0174. The normalized spacial score (nSPS) is 26.5. The maximum atomic E-state index is 11.6. The minimum atomic E-state index is -0.0175. The van der Waals surface area contributed by atoms with Crippen molar-refractivity contribution < 1.29 is 4.79 Å². The Morgan fingerprint density at radius 1 is 1.47 bits per heavy atom. The zero-order valence-electron chi connectivity index (χ0n) is 10.1. The first kappa shape index (κ1) is 12.0. The first-order chi connectivity index (χ1) is 6.86. The molecule has 0 aromatic heterocycles. The van der Waals surface area contributed by atoms with Crippen LogP contribution in [0.3, 0.4) is 0 Å².